The van der Waals surface area contributed by atoms with Crippen molar-refractivity contribution < 1.29 is 12.8 Å². The first kappa shape index (κ1) is 15.0. The van der Waals surface area contributed by atoms with Crippen LogP contribution in [0.15, 0.2) is 51.8 Å². The Hall–Kier alpha value is -1.89. The normalized spacial score (nSPS) is 11.9. The number of aryl methyl sites for hydroxylation is 1. The summed E-state index contributed by atoms with van der Waals surface area (Å²) in [5.41, 5.74) is 2.18. The summed E-state index contributed by atoms with van der Waals surface area (Å²) in [6, 6.07) is 11.4. The maximum Gasteiger partial charge on any atom is 0.240 e. The third kappa shape index (κ3) is 3.14. The van der Waals surface area contributed by atoms with Gasteiger partial charge in [0.1, 0.15) is 5.52 Å². The van der Waals surface area contributed by atoms with Crippen molar-refractivity contribution in [2.24, 2.45) is 0 Å². The molecule has 0 saturated carbocycles. The third-order valence-electron chi connectivity index (χ3n) is 3.15. The summed E-state index contributed by atoms with van der Waals surface area (Å²) >= 11 is 5.76. The van der Waals surface area contributed by atoms with Crippen molar-refractivity contribution in [2.45, 2.75) is 18.4 Å². The highest BCUT2D eigenvalue weighted by Gasteiger charge is 2.13. The van der Waals surface area contributed by atoms with E-state index in [1.165, 1.54) is 12.1 Å². The van der Waals surface area contributed by atoms with Crippen LogP contribution in [-0.4, -0.2) is 13.4 Å². The van der Waals surface area contributed by atoms with Gasteiger partial charge in [0, 0.05) is 18.5 Å². The molecule has 114 valence electrons. The molecule has 0 aliphatic carbocycles. The van der Waals surface area contributed by atoms with Gasteiger partial charge >= 0.3 is 0 Å². The predicted octanol–water partition coefficient (Wildman–Crippen LogP) is 3.27. The van der Waals surface area contributed by atoms with E-state index >= 15 is 0 Å². The molecule has 1 aromatic heterocycles. The zero-order valence-corrected chi connectivity index (χ0v) is 13.3. The molecule has 0 bridgehead atoms. The lowest BCUT2D eigenvalue weighted by molar-refractivity contribution is 0.560. The molecule has 2 aromatic carbocycles. The molecule has 3 rings (SSSR count). The van der Waals surface area contributed by atoms with Crippen molar-refractivity contribution >= 4 is 32.7 Å². The van der Waals surface area contributed by atoms with E-state index in [1.54, 1.807) is 31.2 Å². The molecule has 22 heavy (non-hydrogen) atoms. The molecule has 0 atom stereocenters. The standard InChI is InChI=1S/C15H13ClN2O3S/c1-10-18-14-7-2-11(8-15(14)21-10)9-17-22(19,20)13-5-3-12(16)4-6-13/h2-8,17H,9H2,1H3. The lowest BCUT2D eigenvalue weighted by Gasteiger charge is -2.07. The number of oxazole rings is 1. The van der Waals surface area contributed by atoms with Crippen LogP contribution in [0.5, 0.6) is 0 Å². The fourth-order valence-electron chi connectivity index (χ4n) is 2.07. The maximum absolute atomic E-state index is 12.2. The zero-order chi connectivity index (χ0) is 15.7. The van der Waals surface area contributed by atoms with Gasteiger partial charge in [0.25, 0.3) is 0 Å². The summed E-state index contributed by atoms with van der Waals surface area (Å²) in [4.78, 5) is 4.38. The van der Waals surface area contributed by atoms with Crippen molar-refractivity contribution in [1.82, 2.24) is 9.71 Å². The number of rotatable bonds is 4. The summed E-state index contributed by atoms with van der Waals surface area (Å²) < 4.78 is 32.4. The number of fused-ring (bicyclic) bond motifs is 1. The number of benzene rings is 2. The monoisotopic (exact) mass is 336 g/mol. The molecule has 0 fully saturated rings. The number of sulfonamides is 1. The summed E-state index contributed by atoms with van der Waals surface area (Å²) in [6.07, 6.45) is 0. The Kier molecular flexibility index (Phi) is 3.90. The minimum absolute atomic E-state index is 0.167. The van der Waals surface area contributed by atoms with Crippen molar-refractivity contribution in [3.63, 3.8) is 0 Å². The molecule has 3 aromatic rings. The summed E-state index contributed by atoms with van der Waals surface area (Å²) in [7, 11) is -3.58. The second kappa shape index (κ2) is 5.72. The minimum Gasteiger partial charge on any atom is -0.441 e. The molecule has 0 unspecified atom stereocenters. The molecular formula is C15H13ClN2O3S. The molecular weight excluding hydrogens is 324 g/mol. The van der Waals surface area contributed by atoms with Crippen LogP contribution in [-0.2, 0) is 16.6 Å². The van der Waals surface area contributed by atoms with E-state index in [1.807, 2.05) is 6.07 Å². The van der Waals surface area contributed by atoms with Crippen molar-refractivity contribution in [2.75, 3.05) is 0 Å². The number of aromatic nitrogens is 1. The maximum atomic E-state index is 12.2. The Morgan fingerprint density at radius 2 is 1.91 bits per heavy atom. The molecule has 0 aliphatic rings. The smallest absolute Gasteiger partial charge is 0.240 e. The molecule has 0 amide bonds. The van der Waals surface area contributed by atoms with E-state index in [0.29, 0.717) is 16.5 Å². The predicted molar refractivity (Wildman–Crippen MR) is 84.2 cm³/mol. The van der Waals surface area contributed by atoms with E-state index < -0.39 is 10.0 Å². The highest BCUT2D eigenvalue weighted by Crippen LogP contribution is 2.18. The fourth-order valence-corrected chi connectivity index (χ4v) is 3.21. The van der Waals surface area contributed by atoms with Crippen molar-refractivity contribution in [3.05, 3.63) is 58.9 Å². The van der Waals surface area contributed by atoms with Crippen LogP contribution >= 0.6 is 11.6 Å². The Morgan fingerprint density at radius 3 is 2.64 bits per heavy atom. The van der Waals surface area contributed by atoms with Crippen LogP contribution < -0.4 is 4.72 Å². The van der Waals surface area contributed by atoms with E-state index in [9.17, 15) is 8.42 Å². The van der Waals surface area contributed by atoms with Crippen LogP contribution in [0.1, 0.15) is 11.5 Å². The number of hydrogen-bond donors (Lipinski definition) is 1. The third-order valence-corrected chi connectivity index (χ3v) is 4.82. The van der Waals surface area contributed by atoms with Gasteiger partial charge in [-0.1, -0.05) is 17.7 Å². The van der Waals surface area contributed by atoms with Gasteiger partial charge < -0.3 is 4.42 Å². The number of halogens is 1. The van der Waals surface area contributed by atoms with E-state index in [2.05, 4.69) is 9.71 Å². The topological polar surface area (TPSA) is 72.2 Å². The van der Waals surface area contributed by atoms with Crippen molar-refractivity contribution in [3.8, 4) is 0 Å². The Bertz CT molecular complexity index is 918. The molecule has 0 radical (unpaired) electrons. The van der Waals surface area contributed by atoms with Gasteiger partial charge in [-0.3, -0.25) is 0 Å². The van der Waals surface area contributed by atoms with Gasteiger partial charge in [0.15, 0.2) is 11.5 Å². The summed E-state index contributed by atoms with van der Waals surface area (Å²) in [6.45, 7) is 1.93. The molecule has 0 aliphatic heterocycles. The van der Waals surface area contributed by atoms with Gasteiger partial charge in [-0.25, -0.2) is 18.1 Å². The first-order valence-corrected chi connectivity index (χ1v) is 8.41. The Balaban J connectivity index is 1.78. The summed E-state index contributed by atoms with van der Waals surface area (Å²) in [5.74, 6) is 0.578. The Labute approximate surface area is 133 Å². The second-order valence-electron chi connectivity index (χ2n) is 4.81. The number of nitrogens with one attached hydrogen (secondary N) is 1. The summed E-state index contributed by atoms with van der Waals surface area (Å²) in [5, 5.41) is 0.491. The molecule has 1 heterocycles. The number of nitrogens with zero attached hydrogens (tertiary/aromatic N) is 1. The quantitative estimate of drug-likeness (QED) is 0.793. The second-order valence-corrected chi connectivity index (χ2v) is 7.02. The van der Waals surface area contributed by atoms with E-state index in [-0.39, 0.29) is 11.4 Å². The van der Waals surface area contributed by atoms with Gasteiger partial charge in [-0.05, 0) is 42.0 Å². The van der Waals surface area contributed by atoms with Gasteiger partial charge in [-0.2, -0.15) is 0 Å². The van der Waals surface area contributed by atoms with Gasteiger partial charge in [0.05, 0.1) is 4.90 Å². The average molecular weight is 337 g/mol. The van der Waals surface area contributed by atoms with Crippen LogP contribution in [0.25, 0.3) is 11.1 Å². The lowest BCUT2D eigenvalue weighted by Crippen LogP contribution is -2.23. The number of hydrogen-bond acceptors (Lipinski definition) is 4. The van der Waals surface area contributed by atoms with Crippen LogP contribution in [0, 0.1) is 6.92 Å². The molecule has 1 N–H and O–H groups in total. The van der Waals surface area contributed by atoms with Crippen LogP contribution in [0.2, 0.25) is 5.02 Å². The molecule has 5 nitrogen and oxygen atoms in total. The SMILES string of the molecule is Cc1nc2ccc(CNS(=O)(=O)c3ccc(Cl)cc3)cc2o1. The molecule has 0 spiro atoms. The Morgan fingerprint density at radius 1 is 1.18 bits per heavy atom. The largest absolute Gasteiger partial charge is 0.441 e. The minimum atomic E-state index is -3.58. The van der Waals surface area contributed by atoms with Gasteiger partial charge in [-0.15, -0.1) is 0 Å². The average Bonchev–Trinajstić information content (AvgIpc) is 2.85. The highest BCUT2D eigenvalue weighted by molar-refractivity contribution is 7.89. The highest BCUT2D eigenvalue weighted by atomic mass is 35.5. The first-order chi connectivity index (χ1) is 10.4. The molecule has 7 heteroatoms. The zero-order valence-electron chi connectivity index (χ0n) is 11.7. The first-order valence-electron chi connectivity index (χ1n) is 6.55. The van der Waals surface area contributed by atoms with Crippen LogP contribution in [0.4, 0.5) is 0 Å². The van der Waals surface area contributed by atoms with Crippen LogP contribution in [0.3, 0.4) is 0 Å². The molecule has 0 saturated heterocycles. The fraction of sp³-hybridized carbons (Fsp3) is 0.133. The lowest BCUT2D eigenvalue weighted by atomic mass is 10.2. The van der Waals surface area contributed by atoms with E-state index in [4.69, 9.17) is 16.0 Å². The van der Waals surface area contributed by atoms with E-state index in [0.717, 1.165) is 11.1 Å². The van der Waals surface area contributed by atoms with Crippen molar-refractivity contribution in [1.29, 1.82) is 0 Å². The van der Waals surface area contributed by atoms with Gasteiger partial charge in [0.2, 0.25) is 10.0 Å².